The van der Waals surface area contributed by atoms with E-state index >= 15 is 0 Å². The van der Waals surface area contributed by atoms with Gasteiger partial charge in [0.15, 0.2) is 0 Å². The zero-order valence-corrected chi connectivity index (χ0v) is 16.6. The number of anilines is 1. The highest BCUT2D eigenvalue weighted by Crippen LogP contribution is 2.26. The van der Waals surface area contributed by atoms with Gasteiger partial charge in [0.1, 0.15) is 12.4 Å². The van der Waals surface area contributed by atoms with E-state index in [0.717, 1.165) is 30.0 Å². The molecule has 0 aliphatic carbocycles. The summed E-state index contributed by atoms with van der Waals surface area (Å²) >= 11 is 6.06. The summed E-state index contributed by atoms with van der Waals surface area (Å²) in [6, 6.07) is 22.5. The van der Waals surface area contributed by atoms with E-state index in [1.54, 1.807) is 6.07 Å². The van der Waals surface area contributed by atoms with Gasteiger partial charge in [0, 0.05) is 31.8 Å². The molecule has 0 atom stereocenters. The third kappa shape index (κ3) is 6.48. The number of nitro benzene ring substituents is 1. The van der Waals surface area contributed by atoms with E-state index in [-0.39, 0.29) is 5.69 Å². The van der Waals surface area contributed by atoms with Crippen molar-refractivity contribution in [2.24, 2.45) is 0 Å². The van der Waals surface area contributed by atoms with Crippen LogP contribution in [0.25, 0.3) is 0 Å². The van der Waals surface area contributed by atoms with Crippen LogP contribution in [-0.4, -0.2) is 18.0 Å². The molecule has 0 fully saturated rings. The Hall–Kier alpha value is -3.09. The molecule has 0 amide bonds. The predicted molar refractivity (Wildman–Crippen MR) is 116 cm³/mol. The summed E-state index contributed by atoms with van der Waals surface area (Å²) in [5, 5.41) is 17.6. The molecule has 3 rings (SSSR count). The minimum Gasteiger partial charge on any atom is -0.489 e. The average Bonchev–Trinajstić information content (AvgIpc) is 2.74. The van der Waals surface area contributed by atoms with Gasteiger partial charge in [-0.05, 0) is 29.3 Å². The summed E-state index contributed by atoms with van der Waals surface area (Å²) in [6.45, 7) is 2.65. The lowest BCUT2D eigenvalue weighted by Gasteiger charge is -2.10. The maximum absolute atomic E-state index is 10.7. The summed E-state index contributed by atoms with van der Waals surface area (Å²) < 4.78 is 5.79. The molecule has 0 aliphatic heterocycles. The van der Waals surface area contributed by atoms with Crippen molar-refractivity contribution in [1.29, 1.82) is 0 Å². The second-order valence-corrected chi connectivity index (χ2v) is 6.85. The second-order valence-electron chi connectivity index (χ2n) is 6.44. The van der Waals surface area contributed by atoms with Crippen LogP contribution in [0.2, 0.25) is 5.02 Å². The van der Waals surface area contributed by atoms with Crippen molar-refractivity contribution in [1.82, 2.24) is 5.32 Å². The standard InChI is InChI=1S/C22H22ClN3O3/c23-21-14-19(26(27)28)8-11-22(21)25-13-12-24-15-17-6-9-20(10-7-17)29-16-18-4-2-1-3-5-18/h1-11,14,24-25H,12-13,15-16H2. The van der Waals surface area contributed by atoms with Gasteiger partial charge in [-0.1, -0.05) is 54.1 Å². The van der Waals surface area contributed by atoms with E-state index < -0.39 is 4.92 Å². The number of non-ortho nitro benzene ring substituents is 1. The summed E-state index contributed by atoms with van der Waals surface area (Å²) in [7, 11) is 0. The molecule has 0 saturated carbocycles. The van der Waals surface area contributed by atoms with Gasteiger partial charge in [-0.25, -0.2) is 0 Å². The van der Waals surface area contributed by atoms with Crippen molar-refractivity contribution in [3.63, 3.8) is 0 Å². The molecular weight excluding hydrogens is 390 g/mol. The molecule has 0 spiro atoms. The third-order valence-corrected chi connectivity index (χ3v) is 4.59. The Balaban J connectivity index is 1.37. The normalized spacial score (nSPS) is 10.5. The first kappa shape index (κ1) is 20.6. The lowest BCUT2D eigenvalue weighted by atomic mass is 10.2. The predicted octanol–water partition coefficient (Wildman–Crippen LogP) is 5.03. The molecule has 0 saturated heterocycles. The Morgan fingerprint density at radius 1 is 0.931 bits per heavy atom. The molecule has 6 nitrogen and oxygen atoms in total. The maximum atomic E-state index is 10.7. The van der Waals surface area contributed by atoms with E-state index in [0.29, 0.717) is 23.9 Å². The Kier molecular flexibility index (Phi) is 7.44. The Morgan fingerprint density at radius 2 is 1.69 bits per heavy atom. The van der Waals surface area contributed by atoms with E-state index in [2.05, 4.69) is 10.6 Å². The van der Waals surface area contributed by atoms with Crippen LogP contribution in [0.1, 0.15) is 11.1 Å². The molecule has 29 heavy (non-hydrogen) atoms. The highest BCUT2D eigenvalue weighted by Gasteiger charge is 2.08. The first-order valence-electron chi connectivity index (χ1n) is 9.26. The topological polar surface area (TPSA) is 76.4 Å². The molecule has 3 aromatic carbocycles. The van der Waals surface area contributed by atoms with Gasteiger partial charge in [-0.3, -0.25) is 10.1 Å². The van der Waals surface area contributed by atoms with Crippen molar-refractivity contribution >= 4 is 23.0 Å². The lowest BCUT2D eigenvalue weighted by Crippen LogP contribution is -2.21. The van der Waals surface area contributed by atoms with Gasteiger partial charge in [-0.15, -0.1) is 0 Å². The van der Waals surface area contributed by atoms with Crippen LogP contribution >= 0.6 is 11.6 Å². The molecule has 0 bridgehead atoms. The number of hydrogen-bond donors (Lipinski definition) is 2. The van der Waals surface area contributed by atoms with Gasteiger partial charge in [0.05, 0.1) is 15.6 Å². The van der Waals surface area contributed by atoms with Gasteiger partial charge in [0.2, 0.25) is 0 Å². The summed E-state index contributed by atoms with van der Waals surface area (Å²) in [5.74, 6) is 0.840. The minimum absolute atomic E-state index is 0.0186. The first-order chi connectivity index (χ1) is 14.1. The number of benzene rings is 3. The summed E-state index contributed by atoms with van der Waals surface area (Å²) in [5.41, 5.74) is 2.96. The van der Waals surface area contributed by atoms with Gasteiger partial charge < -0.3 is 15.4 Å². The van der Waals surface area contributed by atoms with Gasteiger partial charge in [-0.2, -0.15) is 0 Å². The fourth-order valence-electron chi connectivity index (χ4n) is 2.72. The molecule has 0 aromatic heterocycles. The number of nitrogens with one attached hydrogen (secondary N) is 2. The Labute approximate surface area is 174 Å². The zero-order chi connectivity index (χ0) is 20.5. The van der Waals surface area contributed by atoms with Gasteiger partial charge >= 0.3 is 0 Å². The van der Waals surface area contributed by atoms with E-state index in [4.69, 9.17) is 16.3 Å². The van der Waals surface area contributed by atoms with Crippen molar-refractivity contribution < 1.29 is 9.66 Å². The monoisotopic (exact) mass is 411 g/mol. The Morgan fingerprint density at radius 3 is 2.38 bits per heavy atom. The molecule has 2 N–H and O–H groups in total. The van der Waals surface area contributed by atoms with Crippen LogP contribution in [0.3, 0.4) is 0 Å². The van der Waals surface area contributed by atoms with E-state index in [1.165, 1.54) is 12.1 Å². The highest BCUT2D eigenvalue weighted by atomic mass is 35.5. The van der Waals surface area contributed by atoms with Crippen molar-refractivity contribution in [2.45, 2.75) is 13.2 Å². The van der Waals surface area contributed by atoms with Crippen LogP contribution in [0.15, 0.2) is 72.8 Å². The fourth-order valence-corrected chi connectivity index (χ4v) is 2.97. The average molecular weight is 412 g/mol. The Bertz CT molecular complexity index is 934. The van der Waals surface area contributed by atoms with Crippen LogP contribution in [0.4, 0.5) is 11.4 Å². The number of hydrogen-bond acceptors (Lipinski definition) is 5. The number of ether oxygens (including phenoxy) is 1. The molecule has 150 valence electrons. The first-order valence-corrected chi connectivity index (χ1v) is 9.64. The maximum Gasteiger partial charge on any atom is 0.271 e. The van der Waals surface area contributed by atoms with Crippen molar-refractivity contribution in [3.8, 4) is 5.75 Å². The van der Waals surface area contributed by atoms with Crippen LogP contribution in [-0.2, 0) is 13.2 Å². The minimum atomic E-state index is -0.463. The van der Waals surface area contributed by atoms with Crippen LogP contribution in [0, 0.1) is 10.1 Å². The number of nitrogens with zero attached hydrogens (tertiary/aromatic N) is 1. The third-order valence-electron chi connectivity index (χ3n) is 4.28. The molecule has 7 heteroatoms. The molecule has 3 aromatic rings. The fraction of sp³-hybridized carbons (Fsp3) is 0.182. The molecular formula is C22H22ClN3O3. The van der Waals surface area contributed by atoms with E-state index in [9.17, 15) is 10.1 Å². The smallest absolute Gasteiger partial charge is 0.271 e. The van der Waals surface area contributed by atoms with E-state index in [1.807, 2.05) is 54.6 Å². The second kappa shape index (κ2) is 10.5. The SMILES string of the molecule is O=[N+]([O-])c1ccc(NCCNCc2ccc(OCc3ccccc3)cc2)c(Cl)c1. The lowest BCUT2D eigenvalue weighted by molar-refractivity contribution is -0.384. The molecule has 0 unspecified atom stereocenters. The largest absolute Gasteiger partial charge is 0.489 e. The molecule has 0 heterocycles. The van der Waals surface area contributed by atoms with Crippen LogP contribution < -0.4 is 15.4 Å². The summed E-state index contributed by atoms with van der Waals surface area (Å²) in [4.78, 5) is 10.3. The summed E-state index contributed by atoms with van der Waals surface area (Å²) in [6.07, 6.45) is 0. The number of halogens is 1. The number of rotatable bonds is 10. The van der Waals surface area contributed by atoms with Gasteiger partial charge in [0.25, 0.3) is 5.69 Å². The van der Waals surface area contributed by atoms with Crippen molar-refractivity contribution in [3.05, 3.63) is 99.1 Å². The highest BCUT2D eigenvalue weighted by molar-refractivity contribution is 6.33. The van der Waals surface area contributed by atoms with Crippen molar-refractivity contribution in [2.75, 3.05) is 18.4 Å². The molecule has 0 aliphatic rings. The quantitative estimate of drug-likeness (QED) is 0.278. The zero-order valence-electron chi connectivity index (χ0n) is 15.8. The molecule has 0 radical (unpaired) electrons. The van der Waals surface area contributed by atoms with Crippen LogP contribution in [0.5, 0.6) is 5.75 Å². The number of nitro groups is 1.